The first-order valence-corrected chi connectivity index (χ1v) is 8.37. The third-order valence-corrected chi connectivity index (χ3v) is 6.09. The largest absolute Gasteiger partial charge is 0.480 e. The molecule has 128 valence electrons. The zero-order chi connectivity index (χ0) is 17.5. The van der Waals surface area contributed by atoms with E-state index in [2.05, 4.69) is 0 Å². The molecule has 1 heterocycles. The lowest BCUT2D eigenvalue weighted by Gasteiger charge is -2.40. The Kier molecular flexibility index (Phi) is 4.46. The molecule has 9 heteroatoms. The molecule has 1 aliphatic heterocycles. The van der Waals surface area contributed by atoms with Gasteiger partial charge in [0.05, 0.1) is 10.5 Å². The fourth-order valence-electron chi connectivity index (χ4n) is 2.64. The van der Waals surface area contributed by atoms with E-state index in [1.807, 2.05) is 0 Å². The van der Waals surface area contributed by atoms with Gasteiger partial charge in [0.1, 0.15) is 5.54 Å². The molecule has 1 N–H and O–H groups in total. The molecule has 1 unspecified atom stereocenters. The van der Waals surface area contributed by atoms with Gasteiger partial charge in [-0.05, 0) is 50.5 Å². The molecule has 23 heavy (non-hydrogen) atoms. The van der Waals surface area contributed by atoms with Crippen LogP contribution in [0.2, 0.25) is 0 Å². The van der Waals surface area contributed by atoms with Gasteiger partial charge in [0.15, 0.2) is 0 Å². The van der Waals surface area contributed by atoms with Gasteiger partial charge < -0.3 is 5.11 Å². The molecule has 0 spiro atoms. The summed E-state index contributed by atoms with van der Waals surface area (Å²) in [4.78, 5) is 11.1. The van der Waals surface area contributed by atoms with E-state index in [0.29, 0.717) is 25.0 Å². The number of carboxylic acids is 1. The second-order valence-corrected chi connectivity index (χ2v) is 7.50. The summed E-state index contributed by atoms with van der Waals surface area (Å²) in [6.07, 6.45) is -3.34. The van der Waals surface area contributed by atoms with Crippen molar-refractivity contribution in [3.63, 3.8) is 0 Å². The number of sulfonamides is 1. The van der Waals surface area contributed by atoms with Crippen LogP contribution in [0.4, 0.5) is 13.2 Å². The molecule has 0 saturated carbocycles. The number of hydrogen-bond acceptors (Lipinski definition) is 3. The van der Waals surface area contributed by atoms with E-state index < -0.39 is 33.3 Å². The maximum Gasteiger partial charge on any atom is 0.416 e. The Bertz CT molecular complexity index is 700. The van der Waals surface area contributed by atoms with E-state index in [4.69, 9.17) is 0 Å². The summed E-state index contributed by atoms with van der Waals surface area (Å²) in [5.41, 5.74) is -2.56. The maximum atomic E-state index is 12.6. The number of piperidine rings is 1. The van der Waals surface area contributed by atoms with Crippen LogP contribution in [-0.2, 0) is 21.0 Å². The molecule has 1 atom stereocenters. The Morgan fingerprint density at radius 1 is 1.22 bits per heavy atom. The van der Waals surface area contributed by atoms with Crippen LogP contribution >= 0.6 is 0 Å². The van der Waals surface area contributed by atoms with Crippen LogP contribution in [0.1, 0.15) is 31.7 Å². The summed E-state index contributed by atoms with van der Waals surface area (Å²) in [5.74, 6) is -1.27. The molecule has 0 aliphatic carbocycles. The summed E-state index contributed by atoms with van der Waals surface area (Å²) < 4.78 is 63.9. The topological polar surface area (TPSA) is 74.7 Å². The Labute approximate surface area is 131 Å². The minimum atomic E-state index is -4.57. The number of alkyl halides is 3. The lowest BCUT2D eigenvalue weighted by molar-refractivity contribution is -0.149. The van der Waals surface area contributed by atoms with Gasteiger partial charge in [-0.15, -0.1) is 0 Å². The number of aliphatic carboxylic acids is 1. The van der Waals surface area contributed by atoms with E-state index in [1.165, 1.54) is 6.92 Å². The molecule has 0 bridgehead atoms. The maximum absolute atomic E-state index is 12.6. The number of carboxylic acid groups (broad SMARTS) is 1. The van der Waals surface area contributed by atoms with Gasteiger partial charge in [0, 0.05) is 6.54 Å². The van der Waals surface area contributed by atoms with Crippen molar-refractivity contribution in [2.75, 3.05) is 6.54 Å². The average molecular weight is 351 g/mol. The summed E-state index contributed by atoms with van der Waals surface area (Å²) in [7, 11) is -4.19. The van der Waals surface area contributed by atoms with Crippen molar-refractivity contribution in [1.29, 1.82) is 0 Å². The highest BCUT2D eigenvalue weighted by Gasteiger charge is 2.47. The fourth-order valence-corrected chi connectivity index (χ4v) is 4.44. The molecule has 0 radical (unpaired) electrons. The van der Waals surface area contributed by atoms with Gasteiger partial charge in [-0.3, -0.25) is 4.79 Å². The molecule has 1 aromatic rings. The molecule has 0 aromatic heterocycles. The predicted molar refractivity (Wildman–Crippen MR) is 75.2 cm³/mol. The van der Waals surface area contributed by atoms with Gasteiger partial charge in [-0.1, -0.05) is 0 Å². The minimum Gasteiger partial charge on any atom is -0.480 e. The average Bonchev–Trinajstić information content (AvgIpc) is 2.46. The zero-order valence-corrected chi connectivity index (χ0v) is 13.1. The Morgan fingerprint density at radius 3 is 2.26 bits per heavy atom. The molecule has 5 nitrogen and oxygen atoms in total. The first kappa shape index (κ1) is 17.7. The van der Waals surface area contributed by atoms with Crippen molar-refractivity contribution in [2.24, 2.45) is 0 Å². The van der Waals surface area contributed by atoms with E-state index >= 15 is 0 Å². The molecule has 0 amide bonds. The second kappa shape index (κ2) is 5.79. The summed E-state index contributed by atoms with van der Waals surface area (Å²) in [6, 6.07) is 3.06. The number of carbonyl (C=O) groups is 1. The van der Waals surface area contributed by atoms with Crippen molar-refractivity contribution in [3.8, 4) is 0 Å². The molecular formula is C14H16F3NO4S. The van der Waals surface area contributed by atoms with Crippen molar-refractivity contribution in [3.05, 3.63) is 29.8 Å². The van der Waals surface area contributed by atoms with Gasteiger partial charge in [0.25, 0.3) is 0 Å². The van der Waals surface area contributed by atoms with Crippen LogP contribution in [0.3, 0.4) is 0 Å². The van der Waals surface area contributed by atoms with Crippen molar-refractivity contribution >= 4 is 16.0 Å². The van der Waals surface area contributed by atoms with E-state index in [-0.39, 0.29) is 17.9 Å². The van der Waals surface area contributed by atoms with Crippen molar-refractivity contribution < 1.29 is 31.5 Å². The summed E-state index contributed by atoms with van der Waals surface area (Å²) in [6.45, 7) is 1.34. The Morgan fingerprint density at radius 2 is 1.78 bits per heavy atom. The molecule has 1 aliphatic rings. The highest BCUT2D eigenvalue weighted by Crippen LogP contribution is 2.35. The second-order valence-electron chi connectivity index (χ2n) is 5.64. The van der Waals surface area contributed by atoms with Gasteiger partial charge in [-0.25, -0.2) is 8.42 Å². The van der Waals surface area contributed by atoms with Crippen LogP contribution in [0.15, 0.2) is 29.2 Å². The third-order valence-electron chi connectivity index (χ3n) is 4.06. The standard InChI is InChI=1S/C14H16F3NO4S/c1-13(12(19)20)8-2-3-9-18(13)23(21,22)11-6-4-10(5-7-11)14(15,16)17/h4-7H,2-3,8-9H2,1H3,(H,19,20). The van der Waals surface area contributed by atoms with Crippen LogP contribution in [-0.4, -0.2) is 35.9 Å². The molecule has 1 saturated heterocycles. The number of rotatable bonds is 3. The monoisotopic (exact) mass is 351 g/mol. The summed E-state index contributed by atoms with van der Waals surface area (Å²) >= 11 is 0. The smallest absolute Gasteiger partial charge is 0.416 e. The lowest BCUT2D eigenvalue weighted by atomic mass is 9.91. The Balaban J connectivity index is 2.42. The SMILES string of the molecule is CC1(C(=O)O)CCCCN1S(=O)(=O)c1ccc(C(F)(F)F)cc1. The van der Waals surface area contributed by atoms with E-state index in [9.17, 15) is 31.5 Å². The number of hydrogen-bond donors (Lipinski definition) is 1. The van der Waals surface area contributed by atoms with Gasteiger partial charge >= 0.3 is 12.1 Å². The number of nitrogens with zero attached hydrogens (tertiary/aromatic N) is 1. The van der Waals surface area contributed by atoms with Gasteiger partial charge in [-0.2, -0.15) is 17.5 Å². The fraction of sp³-hybridized carbons (Fsp3) is 0.500. The zero-order valence-electron chi connectivity index (χ0n) is 12.3. The Hall–Kier alpha value is -1.61. The van der Waals surface area contributed by atoms with Crippen molar-refractivity contribution in [1.82, 2.24) is 4.31 Å². The van der Waals surface area contributed by atoms with Crippen LogP contribution < -0.4 is 0 Å². The molecule has 1 aromatic carbocycles. The van der Waals surface area contributed by atoms with Crippen LogP contribution in [0, 0.1) is 0 Å². The van der Waals surface area contributed by atoms with E-state index in [0.717, 1.165) is 16.4 Å². The third kappa shape index (κ3) is 3.20. The normalized spacial score (nSPS) is 23.7. The van der Waals surface area contributed by atoms with Gasteiger partial charge in [0.2, 0.25) is 10.0 Å². The summed E-state index contributed by atoms with van der Waals surface area (Å²) in [5, 5.41) is 9.37. The van der Waals surface area contributed by atoms with E-state index in [1.54, 1.807) is 0 Å². The number of benzene rings is 1. The first-order valence-electron chi connectivity index (χ1n) is 6.93. The highest BCUT2D eigenvalue weighted by atomic mass is 32.2. The number of halogens is 3. The molecule has 1 fully saturated rings. The molecule has 2 rings (SSSR count). The molecular weight excluding hydrogens is 335 g/mol. The van der Waals surface area contributed by atoms with Crippen LogP contribution in [0.25, 0.3) is 0 Å². The lowest BCUT2D eigenvalue weighted by Crippen LogP contribution is -2.57. The van der Waals surface area contributed by atoms with Crippen LogP contribution in [0.5, 0.6) is 0 Å². The minimum absolute atomic E-state index is 0.0200. The predicted octanol–water partition coefficient (Wildman–Crippen LogP) is 2.72. The van der Waals surface area contributed by atoms with Crippen molar-refractivity contribution in [2.45, 2.75) is 42.8 Å². The first-order chi connectivity index (χ1) is 10.5. The quantitative estimate of drug-likeness (QED) is 0.909. The highest BCUT2D eigenvalue weighted by molar-refractivity contribution is 7.89.